The van der Waals surface area contributed by atoms with E-state index in [9.17, 15) is 27.2 Å². The number of fused-ring (bicyclic) bond motifs is 3. The van der Waals surface area contributed by atoms with Crippen LogP contribution in [0, 0.1) is 24.1 Å². The predicted octanol–water partition coefficient (Wildman–Crippen LogP) is 7.18. The lowest BCUT2D eigenvalue weighted by atomic mass is 9.91. The molecule has 5 atom stereocenters. The lowest BCUT2D eigenvalue weighted by Crippen LogP contribution is -2.49. The maximum absolute atomic E-state index is 14.8. The molecule has 0 spiro atoms. The minimum atomic E-state index is -4.14. The van der Waals surface area contributed by atoms with Crippen molar-refractivity contribution in [2.45, 2.75) is 96.2 Å². The second kappa shape index (κ2) is 17.6. The van der Waals surface area contributed by atoms with E-state index >= 15 is 0 Å². The summed E-state index contributed by atoms with van der Waals surface area (Å²) in [5.41, 5.74) is 2.16. The molecule has 13 nitrogen and oxygen atoms in total. The van der Waals surface area contributed by atoms with Crippen LogP contribution in [0.2, 0.25) is 0 Å². The molecule has 3 aliphatic rings. The quantitative estimate of drug-likeness (QED) is 0.157. The first-order chi connectivity index (χ1) is 28.6. The molecule has 2 aliphatic heterocycles. The lowest BCUT2D eigenvalue weighted by molar-refractivity contribution is -0.139. The van der Waals surface area contributed by atoms with Crippen molar-refractivity contribution in [3.8, 4) is 22.2 Å². The molecule has 2 amide bonds. The maximum Gasteiger partial charge on any atom is 0.303 e. The van der Waals surface area contributed by atoms with E-state index in [1.165, 1.54) is 42.5 Å². The molecule has 1 saturated heterocycles. The first-order valence-corrected chi connectivity index (χ1v) is 22.8. The fourth-order valence-electron chi connectivity index (χ4n) is 8.24. The van der Waals surface area contributed by atoms with Crippen LogP contribution in [0.4, 0.5) is 10.1 Å². The molecule has 320 valence electrons. The van der Waals surface area contributed by atoms with Crippen molar-refractivity contribution >= 4 is 55.7 Å². The maximum atomic E-state index is 14.8. The van der Waals surface area contributed by atoms with Crippen LogP contribution in [0.5, 0.6) is 11.5 Å². The molecule has 0 bridgehead atoms. The van der Waals surface area contributed by atoms with Crippen LogP contribution >= 0.6 is 11.3 Å². The normalized spacial score (nSPS) is 24.4. The van der Waals surface area contributed by atoms with Crippen molar-refractivity contribution < 1.29 is 36.7 Å². The van der Waals surface area contributed by atoms with Gasteiger partial charge in [-0.2, -0.15) is 12.7 Å². The van der Waals surface area contributed by atoms with Gasteiger partial charge in [0.25, 0.3) is 0 Å². The summed E-state index contributed by atoms with van der Waals surface area (Å²) in [4.78, 5) is 54.9. The van der Waals surface area contributed by atoms with Gasteiger partial charge in [0.1, 0.15) is 40.2 Å². The zero-order valence-electron chi connectivity index (χ0n) is 34.9. The Morgan fingerprint density at radius 3 is 2.60 bits per heavy atom. The number of aryl methyl sites for hydroxylation is 1. The summed E-state index contributed by atoms with van der Waals surface area (Å²) in [6, 6.07) is 9.72. The fraction of sp³-hybridized carbons (Fsp3) is 0.477. The predicted molar refractivity (Wildman–Crippen MR) is 230 cm³/mol. The Labute approximate surface area is 354 Å². The number of halogens is 1. The van der Waals surface area contributed by atoms with E-state index in [-0.39, 0.29) is 49.3 Å². The number of hydrogen-bond donors (Lipinski definition) is 2. The third-order valence-electron chi connectivity index (χ3n) is 11.9. The number of rotatable bonds is 10. The largest absolute Gasteiger partial charge is 0.496 e. The molecule has 60 heavy (non-hydrogen) atoms. The SMILES string of the molecule is COc1ccc2c(O[C@@H]3C[C@H]4C(=O)C[C@]5(C(=O)NS(=O)(=O)N(C)C)C[C@H]5/C=C\CCCCC[C@H](Nc5cccc(F)c5)C(=O)N4C3)cc(-c3nc(C(C)C)cs3)nc2c1C. The Bertz CT molecular complexity index is 2420. The summed E-state index contributed by atoms with van der Waals surface area (Å²) < 4.78 is 55.7. The first-order valence-electron chi connectivity index (χ1n) is 20.5. The number of hydrogen-bond acceptors (Lipinski definition) is 11. The molecule has 2 aromatic heterocycles. The van der Waals surface area contributed by atoms with Gasteiger partial charge in [-0.25, -0.2) is 19.1 Å². The average Bonchev–Trinajstić information content (AvgIpc) is 3.49. The summed E-state index contributed by atoms with van der Waals surface area (Å²) in [6.07, 6.45) is 6.87. The van der Waals surface area contributed by atoms with Crippen molar-refractivity contribution in [2.24, 2.45) is 11.3 Å². The number of nitrogens with one attached hydrogen (secondary N) is 2. The van der Waals surface area contributed by atoms with Crippen molar-refractivity contribution in [3.05, 3.63) is 77.1 Å². The molecule has 4 heterocycles. The van der Waals surface area contributed by atoms with E-state index in [2.05, 4.69) is 23.9 Å². The van der Waals surface area contributed by atoms with Crippen molar-refractivity contribution in [2.75, 3.05) is 33.1 Å². The molecule has 2 aromatic carbocycles. The number of thiazole rings is 1. The first kappa shape index (κ1) is 43.2. The molecule has 7 rings (SSSR count). The molecule has 1 aliphatic carbocycles. The number of ether oxygens (including phenoxy) is 2. The fourth-order valence-corrected chi connectivity index (χ4v) is 9.80. The van der Waals surface area contributed by atoms with Crippen LogP contribution in [0.1, 0.15) is 82.4 Å². The van der Waals surface area contributed by atoms with Crippen molar-refractivity contribution in [1.82, 2.24) is 23.9 Å². The summed E-state index contributed by atoms with van der Waals surface area (Å²) in [5, 5.41) is 6.71. The van der Waals surface area contributed by atoms with Gasteiger partial charge in [0, 0.05) is 55.0 Å². The Morgan fingerprint density at radius 2 is 1.88 bits per heavy atom. The molecule has 0 radical (unpaired) electrons. The highest BCUT2D eigenvalue weighted by Crippen LogP contribution is 2.57. The Balaban J connectivity index is 1.26. The van der Waals surface area contributed by atoms with Crippen LogP contribution in [-0.2, 0) is 24.6 Å². The van der Waals surface area contributed by atoms with Crippen LogP contribution in [0.3, 0.4) is 0 Å². The number of carbonyl (C=O) groups excluding carboxylic acids is 3. The minimum Gasteiger partial charge on any atom is -0.496 e. The summed E-state index contributed by atoms with van der Waals surface area (Å²) in [6.45, 7) is 6.13. The minimum absolute atomic E-state index is 0.0527. The Hall–Kier alpha value is -4.93. The average molecular weight is 861 g/mol. The van der Waals surface area contributed by atoms with Crippen LogP contribution < -0.4 is 19.5 Å². The van der Waals surface area contributed by atoms with E-state index in [0.717, 1.165) is 45.2 Å². The Morgan fingerprint density at radius 1 is 1.08 bits per heavy atom. The lowest BCUT2D eigenvalue weighted by Gasteiger charge is -2.30. The summed E-state index contributed by atoms with van der Waals surface area (Å²) in [7, 11) is 0.103. The van der Waals surface area contributed by atoms with Crippen molar-refractivity contribution in [3.63, 3.8) is 0 Å². The van der Waals surface area contributed by atoms with E-state index in [1.807, 2.05) is 42.7 Å². The molecule has 4 aromatic rings. The number of aromatic nitrogens is 2. The van der Waals surface area contributed by atoms with Gasteiger partial charge in [-0.1, -0.05) is 44.9 Å². The van der Waals surface area contributed by atoms with E-state index in [0.29, 0.717) is 41.2 Å². The van der Waals surface area contributed by atoms with Crippen LogP contribution in [0.15, 0.2) is 60.0 Å². The number of benzene rings is 2. The number of allylic oxidation sites excluding steroid dienone is 2. The molecule has 2 N–H and O–H groups in total. The van der Waals surface area contributed by atoms with Gasteiger partial charge in [0.05, 0.1) is 36.3 Å². The zero-order chi connectivity index (χ0) is 42.9. The Kier molecular flexibility index (Phi) is 12.6. The summed E-state index contributed by atoms with van der Waals surface area (Å²) in [5.74, 6) is -0.889. The number of methoxy groups -OCH3 is 1. The smallest absolute Gasteiger partial charge is 0.303 e. The van der Waals surface area contributed by atoms with Gasteiger partial charge >= 0.3 is 10.2 Å². The molecule has 2 fully saturated rings. The van der Waals surface area contributed by atoms with Gasteiger partial charge in [0.15, 0.2) is 5.78 Å². The molecular weight excluding hydrogens is 808 g/mol. The van der Waals surface area contributed by atoms with E-state index in [1.54, 1.807) is 19.2 Å². The highest BCUT2D eigenvalue weighted by Gasteiger charge is 2.61. The number of Topliss-reactive ketones (excluding diaryl/α,β-unsaturated/α-hetero) is 1. The number of pyridine rings is 1. The number of anilines is 1. The highest BCUT2D eigenvalue weighted by molar-refractivity contribution is 7.87. The summed E-state index contributed by atoms with van der Waals surface area (Å²) >= 11 is 1.49. The van der Waals surface area contributed by atoms with Crippen LogP contribution in [-0.4, -0.2) is 91.1 Å². The van der Waals surface area contributed by atoms with Gasteiger partial charge < -0.3 is 19.7 Å². The molecule has 0 unspecified atom stereocenters. The van der Waals surface area contributed by atoms with Crippen molar-refractivity contribution in [1.29, 1.82) is 0 Å². The third kappa shape index (κ3) is 9.05. The molecular formula is C44H53FN6O7S2. The third-order valence-corrected chi connectivity index (χ3v) is 14.2. The second-order valence-electron chi connectivity index (χ2n) is 16.6. The van der Waals surface area contributed by atoms with Crippen LogP contribution in [0.25, 0.3) is 21.6 Å². The highest BCUT2D eigenvalue weighted by atomic mass is 32.2. The second-order valence-corrected chi connectivity index (χ2v) is 19.4. The number of carbonyl (C=O) groups is 3. The number of ketones is 1. The topological polar surface area (TPSA) is 160 Å². The van der Waals surface area contributed by atoms with Gasteiger partial charge in [-0.3, -0.25) is 14.4 Å². The van der Waals surface area contributed by atoms with E-state index < -0.39 is 45.5 Å². The molecule has 1 saturated carbocycles. The van der Waals surface area contributed by atoms with Gasteiger partial charge in [-0.15, -0.1) is 11.3 Å². The standard InChI is InChI=1S/C44H53FN6O7S2/c1-26(2)35-25-59-41(48-35)34-21-39(32-17-18-38(57-6)27(3)40(32)47-34)58-31-20-36-37(52)23-44(43(54)49-60(55,56)50(4)5)22-28(44)13-10-8-7-9-11-16-33(42(53)51(36)24-31)46-30-15-12-14-29(45)19-30/h10,12-15,17-19,21,25-26,28,31,33,36,46H,7-9,11,16,20,22-24H2,1-6H3,(H,49,54)/b13-10-/t28-,31-,33+,36+,44-/m1/s1. The monoisotopic (exact) mass is 860 g/mol. The number of amides is 2. The van der Waals surface area contributed by atoms with E-state index in [4.69, 9.17) is 19.4 Å². The zero-order valence-corrected chi connectivity index (χ0v) is 36.5. The number of nitrogens with zero attached hydrogens (tertiary/aromatic N) is 4. The van der Waals surface area contributed by atoms with Gasteiger partial charge in [-0.05, 0) is 74.8 Å². The van der Waals surface area contributed by atoms with Gasteiger partial charge in [0.2, 0.25) is 11.8 Å². The molecule has 16 heteroatoms.